The van der Waals surface area contributed by atoms with Gasteiger partial charge in [-0.2, -0.15) is 0 Å². The Morgan fingerprint density at radius 3 is 2.00 bits per heavy atom. The van der Waals surface area contributed by atoms with E-state index in [2.05, 4.69) is 6.92 Å². The Morgan fingerprint density at radius 2 is 1.33 bits per heavy atom. The minimum atomic E-state index is -1.03. The molecule has 8 heteroatoms. The van der Waals surface area contributed by atoms with E-state index in [9.17, 15) is 14.4 Å². The molecule has 7 nitrogen and oxygen atoms in total. The van der Waals surface area contributed by atoms with Gasteiger partial charge >= 0.3 is 17.9 Å². The van der Waals surface area contributed by atoms with Crippen molar-refractivity contribution in [3.8, 4) is 22.6 Å². The van der Waals surface area contributed by atoms with E-state index in [1.54, 1.807) is 12.1 Å². The SMILES string of the molecule is CCCCCCCCOc1ccc(-c2ccc(C(=O)Oc3ccc(C(=O)O[C@@H](C)C(=O)OCCC)cc3)cc2)cc1Cl. The van der Waals surface area contributed by atoms with Crippen molar-refractivity contribution in [2.45, 2.75) is 71.8 Å². The quantitative estimate of drug-likeness (QED) is 0.0933. The van der Waals surface area contributed by atoms with Crippen LogP contribution in [-0.2, 0) is 14.3 Å². The van der Waals surface area contributed by atoms with Crippen LogP contribution in [0.3, 0.4) is 0 Å². The van der Waals surface area contributed by atoms with Crippen molar-refractivity contribution in [3.05, 3.63) is 82.9 Å². The van der Waals surface area contributed by atoms with Crippen molar-refractivity contribution in [2.24, 2.45) is 0 Å². The Bertz CT molecular complexity index is 1300. The first-order chi connectivity index (χ1) is 20.3. The summed E-state index contributed by atoms with van der Waals surface area (Å²) in [7, 11) is 0. The molecule has 224 valence electrons. The summed E-state index contributed by atoms with van der Waals surface area (Å²) in [6.45, 7) is 6.44. The van der Waals surface area contributed by atoms with Crippen LogP contribution in [0.2, 0.25) is 5.02 Å². The molecule has 0 aliphatic carbocycles. The van der Waals surface area contributed by atoms with E-state index in [-0.39, 0.29) is 17.9 Å². The highest BCUT2D eigenvalue weighted by Gasteiger charge is 2.20. The molecule has 0 aliphatic rings. The summed E-state index contributed by atoms with van der Waals surface area (Å²) in [6, 6.07) is 18.6. The molecule has 0 aliphatic heterocycles. The maximum atomic E-state index is 12.7. The van der Waals surface area contributed by atoms with Gasteiger partial charge in [-0.05, 0) is 79.4 Å². The van der Waals surface area contributed by atoms with Crippen LogP contribution in [0.5, 0.6) is 11.5 Å². The second-order valence-electron chi connectivity index (χ2n) is 9.97. The molecule has 3 aromatic rings. The first-order valence-corrected chi connectivity index (χ1v) is 14.9. The highest BCUT2D eigenvalue weighted by Crippen LogP contribution is 2.31. The van der Waals surface area contributed by atoms with E-state index >= 15 is 0 Å². The smallest absolute Gasteiger partial charge is 0.347 e. The molecular formula is C34H39ClO7. The third kappa shape index (κ3) is 10.2. The van der Waals surface area contributed by atoms with E-state index < -0.39 is 24.0 Å². The van der Waals surface area contributed by atoms with E-state index in [1.165, 1.54) is 56.9 Å². The summed E-state index contributed by atoms with van der Waals surface area (Å²) >= 11 is 6.47. The zero-order valence-electron chi connectivity index (χ0n) is 24.5. The van der Waals surface area contributed by atoms with Crippen molar-refractivity contribution in [1.29, 1.82) is 0 Å². The van der Waals surface area contributed by atoms with Crippen LogP contribution in [0.25, 0.3) is 11.1 Å². The fraction of sp³-hybridized carbons (Fsp3) is 0.382. The fourth-order valence-corrected chi connectivity index (χ4v) is 4.32. The zero-order valence-corrected chi connectivity index (χ0v) is 25.3. The lowest BCUT2D eigenvalue weighted by atomic mass is 10.0. The summed E-state index contributed by atoms with van der Waals surface area (Å²) in [5.41, 5.74) is 2.38. The summed E-state index contributed by atoms with van der Waals surface area (Å²) in [6.07, 6.45) is 6.84. The number of esters is 3. The number of hydrogen-bond acceptors (Lipinski definition) is 7. The monoisotopic (exact) mass is 594 g/mol. The number of ether oxygens (including phenoxy) is 4. The molecule has 0 saturated heterocycles. The average molecular weight is 595 g/mol. The first-order valence-electron chi connectivity index (χ1n) is 14.5. The molecule has 0 amide bonds. The standard InChI is InChI=1S/C34H39ClO7/c1-4-6-7-8-9-10-22-39-31-20-17-28(23-30(31)35)25-11-13-26(14-12-25)34(38)42-29-18-15-27(16-19-29)33(37)41-24(3)32(36)40-21-5-2/h11-20,23-24H,4-10,21-22H2,1-3H3/t24-/m0/s1. The minimum absolute atomic E-state index is 0.215. The van der Waals surface area contributed by atoms with Gasteiger partial charge in [0, 0.05) is 0 Å². The van der Waals surface area contributed by atoms with E-state index in [1.807, 2.05) is 37.3 Å². The van der Waals surface area contributed by atoms with E-state index in [0.717, 1.165) is 24.0 Å². The Hall–Kier alpha value is -3.84. The van der Waals surface area contributed by atoms with Crippen molar-refractivity contribution in [3.63, 3.8) is 0 Å². The molecule has 0 unspecified atom stereocenters. The highest BCUT2D eigenvalue weighted by molar-refractivity contribution is 6.32. The number of rotatable bonds is 16. The van der Waals surface area contributed by atoms with Gasteiger partial charge in [0.05, 0.1) is 29.4 Å². The highest BCUT2D eigenvalue weighted by atomic mass is 35.5. The molecule has 0 spiro atoms. The number of carbonyl (C=O) groups is 3. The number of carbonyl (C=O) groups excluding carboxylic acids is 3. The lowest BCUT2D eigenvalue weighted by molar-refractivity contribution is -0.153. The average Bonchev–Trinajstić information content (AvgIpc) is 3.00. The van der Waals surface area contributed by atoms with Crippen molar-refractivity contribution >= 4 is 29.5 Å². The van der Waals surface area contributed by atoms with Crippen LogP contribution in [-0.4, -0.2) is 37.2 Å². The number of hydrogen-bond donors (Lipinski definition) is 0. The molecular weight excluding hydrogens is 556 g/mol. The van der Waals surface area contributed by atoms with Crippen LogP contribution >= 0.6 is 11.6 Å². The Labute approximate surface area is 253 Å². The lowest BCUT2D eigenvalue weighted by Crippen LogP contribution is -2.26. The third-order valence-electron chi connectivity index (χ3n) is 6.51. The van der Waals surface area contributed by atoms with Crippen LogP contribution < -0.4 is 9.47 Å². The van der Waals surface area contributed by atoms with Gasteiger partial charge in [-0.15, -0.1) is 0 Å². The van der Waals surface area contributed by atoms with Gasteiger partial charge < -0.3 is 18.9 Å². The molecule has 3 aromatic carbocycles. The summed E-state index contributed by atoms with van der Waals surface area (Å²) < 4.78 is 21.4. The van der Waals surface area contributed by atoms with Gasteiger partial charge in [0.15, 0.2) is 6.10 Å². The molecule has 0 heterocycles. The molecule has 0 fully saturated rings. The van der Waals surface area contributed by atoms with Crippen molar-refractivity contribution in [2.75, 3.05) is 13.2 Å². The molecule has 1 atom stereocenters. The Morgan fingerprint density at radius 1 is 0.714 bits per heavy atom. The Balaban J connectivity index is 1.51. The largest absolute Gasteiger partial charge is 0.492 e. The van der Waals surface area contributed by atoms with Gasteiger partial charge in [-0.25, -0.2) is 14.4 Å². The van der Waals surface area contributed by atoms with Crippen LogP contribution in [0.1, 0.15) is 86.4 Å². The molecule has 0 radical (unpaired) electrons. The van der Waals surface area contributed by atoms with Crippen LogP contribution in [0.4, 0.5) is 0 Å². The minimum Gasteiger partial charge on any atom is -0.492 e. The summed E-state index contributed by atoms with van der Waals surface area (Å²) in [4.78, 5) is 36.8. The van der Waals surface area contributed by atoms with Crippen molar-refractivity contribution in [1.82, 2.24) is 0 Å². The molecule has 0 saturated carbocycles. The predicted octanol–water partition coefficient (Wildman–Crippen LogP) is 8.46. The zero-order chi connectivity index (χ0) is 30.3. The second kappa shape index (κ2) is 17.2. The maximum Gasteiger partial charge on any atom is 0.347 e. The topological polar surface area (TPSA) is 88.1 Å². The molecule has 3 rings (SSSR count). The molecule has 0 bridgehead atoms. The summed E-state index contributed by atoms with van der Waals surface area (Å²) in [5.74, 6) is -0.894. The lowest BCUT2D eigenvalue weighted by Gasteiger charge is -2.12. The molecule has 0 aromatic heterocycles. The van der Waals surface area contributed by atoms with Gasteiger partial charge in [0.1, 0.15) is 11.5 Å². The number of halogens is 1. The summed E-state index contributed by atoms with van der Waals surface area (Å²) in [5, 5.41) is 0.542. The van der Waals surface area contributed by atoms with Crippen LogP contribution in [0.15, 0.2) is 66.7 Å². The Kier molecular flexibility index (Phi) is 13.4. The number of benzene rings is 3. The second-order valence-corrected chi connectivity index (χ2v) is 10.4. The fourth-order valence-electron chi connectivity index (χ4n) is 4.08. The van der Waals surface area contributed by atoms with E-state index in [4.69, 9.17) is 30.5 Å². The van der Waals surface area contributed by atoms with Crippen LogP contribution in [0, 0.1) is 0 Å². The molecule has 42 heavy (non-hydrogen) atoms. The van der Waals surface area contributed by atoms with Gasteiger partial charge in [0.2, 0.25) is 0 Å². The molecule has 0 N–H and O–H groups in total. The predicted molar refractivity (Wildman–Crippen MR) is 163 cm³/mol. The third-order valence-corrected chi connectivity index (χ3v) is 6.80. The van der Waals surface area contributed by atoms with Gasteiger partial charge in [-0.1, -0.05) is 75.8 Å². The first kappa shape index (κ1) is 32.7. The van der Waals surface area contributed by atoms with Gasteiger partial charge in [-0.3, -0.25) is 0 Å². The number of unbranched alkanes of at least 4 members (excludes halogenated alkanes) is 5. The maximum absolute atomic E-state index is 12.7. The van der Waals surface area contributed by atoms with E-state index in [0.29, 0.717) is 29.4 Å². The van der Waals surface area contributed by atoms with Crippen molar-refractivity contribution < 1.29 is 33.3 Å². The van der Waals surface area contributed by atoms with Gasteiger partial charge in [0.25, 0.3) is 0 Å². The normalized spacial score (nSPS) is 11.4.